The van der Waals surface area contributed by atoms with Gasteiger partial charge < -0.3 is 19.7 Å². The van der Waals surface area contributed by atoms with E-state index in [1.807, 2.05) is 46.7 Å². The van der Waals surface area contributed by atoms with Gasteiger partial charge in [-0.05, 0) is 58.8 Å². The van der Waals surface area contributed by atoms with Gasteiger partial charge in [0.1, 0.15) is 5.69 Å². The van der Waals surface area contributed by atoms with Crippen molar-refractivity contribution in [1.29, 1.82) is 0 Å². The molecule has 0 atom stereocenters. The van der Waals surface area contributed by atoms with Crippen LogP contribution in [0.1, 0.15) is 59.0 Å². The Hall–Kier alpha value is -3.42. The maximum absolute atomic E-state index is 13.8. The summed E-state index contributed by atoms with van der Waals surface area (Å²) >= 11 is 1.42. The molecule has 1 N–H and O–H groups in total. The van der Waals surface area contributed by atoms with Crippen molar-refractivity contribution in [3.63, 3.8) is 0 Å². The van der Waals surface area contributed by atoms with Crippen LogP contribution in [0.5, 0.6) is 0 Å². The third kappa shape index (κ3) is 5.54. The van der Waals surface area contributed by atoms with Crippen molar-refractivity contribution in [2.75, 3.05) is 38.0 Å². The van der Waals surface area contributed by atoms with E-state index in [0.717, 1.165) is 54.9 Å². The molecule has 0 radical (unpaired) electrons. The number of nitrogens with zero attached hydrogens (tertiary/aromatic N) is 3. The fourth-order valence-corrected chi connectivity index (χ4v) is 5.64. The summed E-state index contributed by atoms with van der Waals surface area (Å²) in [5.74, 6) is -0.0600. The topological polar surface area (TPSA) is 57.6 Å². The van der Waals surface area contributed by atoms with Gasteiger partial charge in [0, 0.05) is 49.3 Å². The van der Waals surface area contributed by atoms with E-state index >= 15 is 0 Å². The lowest BCUT2D eigenvalue weighted by Gasteiger charge is -2.34. The Bertz CT molecular complexity index is 1420. The summed E-state index contributed by atoms with van der Waals surface area (Å²) in [6.45, 7) is 13.7. The summed E-state index contributed by atoms with van der Waals surface area (Å²) in [6.07, 6.45) is 0. The first-order chi connectivity index (χ1) is 18.2. The monoisotopic (exact) mass is 528 g/mol. The number of carbonyl (C=O) groups excluding carboxylic acids is 2. The van der Waals surface area contributed by atoms with E-state index in [-0.39, 0.29) is 17.2 Å². The molecule has 1 aliphatic rings. The van der Waals surface area contributed by atoms with Gasteiger partial charge in [0.05, 0.1) is 4.88 Å². The first-order valence-electron chi connectivity index (χ1n) is 13.3. The number of hydrogen-bond acceptors (Lipinski definition) is 4. The number of rotatable bonds is 6. The number of anilines is 1. The number of fused-ring (bicyclic) bond motifs is 1. The van der Waals surface area contributed by atoms with Crippen LogP contribution in [0.4, 0.5) is 5.69 Å². The Balaban J connectivity index is 1.48. The highest BCUT2D eigenvalue weighted by Gasteiger charge is 2.25. The number of hydrogen-bond donors (Lipinski definition) is 1. The molecule has 0 aliphatic carbocycles. The highest BCUT2D eigenvalue weighted by Crippen LogP contribution is 2.28. The number of amides is 2. The first kappa shape index (κ1) is 26.2. The highest BCUT2D eigenvalue weighted by atomic mass is 32.1. The molecule has 6 nitrogen and oxygen atoms in total. The second kappa shape index (κ2) is 10.8. The van der Waals surface area contributed by atoms with Crippen molar-refractivity contribution in [1.82, 2.24) is 14.4 Å². The molecule has 0 bridgehead atoms. The second-order valence-electron chi connectivity index (χ2n) is 11.0. The third-order valence-electron chi connectivity index (χ3n) is 7.39. The van der Waals surface area contributed by atoms with Gasteiger partial charge in [0.2, 0.25) is 0 Å². The van der Waals surface area contributed by atoms with Crippen molar-refractivity contribution >= 4 is 39.7 Å². The average Bonchev–Trinajstić information content (AvgIpc) is 3.57. The Morgan fingerprint density at radius 2 is 1.68 bits per heavy atom. The van der Waals surface area contributed by atoms with Crippen LogP contribution in [-0.4, -0.2) is 58.9 Å². The molecule has 1 aliphatic heterocycles. The van der Waals surface area contributed by atoms with E-state index in [2.05, 4.69) is 66.7 Å². The van der Waals surface area contributed by atoms with Crippen LogP contribution < -0.4 is 5.32 Å². The molecule has 0 spiro atoms. The lowest BCUT2D eigenvalue weighted by Crippen LogP contribution is -2.48. The standard InChI is InChI=1S/C31H36N4O2S/c1-5-33-14-16-34(17-15-33)30(37)27-20-23-19-25(32-29(36)28-7-6-18-38-28)12-13-26(23)35(27)21-22-8-10-24(11-9-22)31(2,3)4/h6-13,18-20H,5,14-17,21H2,1-4H3,(H,32,36). The van der Waals surface area contributed by atoms with E-state index in [1.54, 1.807) is 0 Å². The average molecular weight is 529 g/mol. The highest BCUT2D eigenvalue weighted by molar-refractivity contribution is 7.12. The second-order valence-corrected chi connectivity index (χ2v) is 11.9. The van der Waals surface area contributed by atoms with Gasteiger partial charge in [-0.3, -0.25) is 9.59 Å². The number of nitrogens with one attached hydrogen (secondary N) is 1. The molecule has 1 fully saturated rings. The maximum Gasteiger partial charge on any atom is 0.270 e. The molecule has 0 unspecified atom stereocenters. The van der Waals surface area contributed by atoms with Crippen molar-refractivity contribution < 1.29 is 9.59 Å². The third-order valence-corrected chi connectivity index (χ3v) is 8.26. The molecule has 5 rings (SSSR count). The minimum Gasteiger partial charge on any atom is -0.335 e. The summed E-state index contributed by atoms with van der Waals surface area (Å²) in [4.78, 5) is 31.4. The number of benzene rings is 2. The SMILES string of the molecule is CCN1CCN(C(=O)c2cc3cc(NC(=O)c4cccs4)ccc3n2Cc2ccc(C(C)(C)C)cc2)CC1. The molecule has 38 heavy (non-hydrogen) atoms. The summed E-state index contributed by atoms with van der Waals surface area (Å²) < 4.78 is 2.13. The summed E-state index contributed by atoms with van der Waals surface area (Å²) in [5.41, 5.74) is 4.91. The molecule has 7 heteroatoms. The number of aromatic nitrogens is 1. The zero-order valence-corrected chi connectivity index (χ0v) is 23.5. The molecule has 2 aromatic carbocycles. The van der Waals surface area contributed by atoms with Crippen LogP contribution in [0.3, 0.4) is 0 Å². The van der Waals surface area contributed by atoms with Crippen molar-refractivity contribution in [3.8, 4) is 0 Å². The van der Waals surface area contributed by atoms with Gasteiger partial charge in [-0.15, -0.1) is 11.3 Å². The minimum atomic E-state index is -0.122. The van der Waals surface area contributed by atoms with Crippen LogP contribution in [0, 0.1) is 0 Å². The smallest absolute Gasteiger partial charge is 0.270 e. The number of piperazine rings is 1. The Kier molecular flexibility index (Phi) is 7.41. The molecule has 4 aromatic rings. The maximum atomic E-state index is 13.8. The van der Waals surface area contributed by atoms with Crippen LogP contribution in [0.25, 0.3) is 10.9 Å². The Morgan fingerprint density at radius 3 is 2.32 bits per heavy atom. The molecule has 198 valence electrons. The lowest BCUT2D eigenvalue weighted by atomic mass is 9.87. The van der Waals surface area contributed by atoms with E-state index in [0.29, 0.717) is 17.1 Å². The predicted molar refractivity (Wildman–Crippen MR) is 156 cm³/mol. The van der Waals surface area contributed by atoms with Gasteiger partial charge in [0.25, 0.3) is 11.8 Å². The molecular formula is C31H36N4O2S. The quantitative estimate of drug-likeness (QED) is 0.330. The van der Waals surface area contributed by atoms with Gasteiger partial charge in [-0.2, -0.15) is 0 Å². The number of thiophene rings is 1. The largest absolute Gasteiger partial charge is 0.335 e. The Morgan fingerprint density at radius 1 is 0.947 bits per heavy atom. The van der Waals surface area contributed by atoms with Gasteiger partial charge in [-0.1, -0.05) is 58.0 Å². The summed E-state index contributed by atoms with van der Waals surface area (Å²) in [7, 11) is 0. The van der Waals surface area contributed by atoms with E-state index in [9.17, 15) is 9.59 Å². The van der Waals surface area contributed by atoms with Crippen LogP contribution in [-0.2, 0) is 12.0 Å². The van der Waals surface area contributed by atoms with E-state index < -0.39 is 0 Å². The van der Waals surface area contributed by atoms with Crippen molar-refractivity contribution in [2.45, 2.75) is 39.7 Å². The predicted octanol–water partition coefficient (Wildman–Crippen LogP) is 6.08. The first-order valence-corrected chi connectivity index (χ1v) is 14.2. The molecule has 2 amide bonds. The fraction of sp³-hybridized carbons (Fsp3) is 0.355. The van der Waals surface area contributed by atoms with E-state index in [4.69, 9.17) is 0 Å². The molecule has 1 saturated heterocycles. The molecule has 2 aromatic heterocycles. The zero-order valence-electron chi connectivity index (χ0n) is 22.7. The number of carbonyl (C=O) groups is 2. The zero-order chi connectivity index (χ0) is 26.9. The van der Waals surface area contributed by atoms with Crippen molar-refractivity contribution in [3.05, 3.63) is 87.7 Å². The normalized spacial score (nSPS) is 14.7. The van der Waals surface area contributed by atoms with Crippen molar-refractivity contribution in [2.24, 2.45) is 0 Å². The summed E-state index contributed by atoms with van der Waals surface area (Å²) in [6, 6.07) is 20.3. The Labute approximate surface area is 228 Å². The molecular weight excluding hydrogens is 492 g/mol. The lowest BCUT2D eigenvalue weighted by molar-refractivity contribution is 0.0633. The molecule has 3 heterocycles. The fourth-order valence-electron chi connectivity index (χ4n) is 5.02. The van der Waals surface area contributed by atoms with Crippen LogP contribution in [0.15, 0.2) is 66.0 Å². The van der Waals surface area contributed by atoms with Crippen LogP contribution >= 0.6 is 11.3 Å². The summed E-state index contributed by atoms with van der Waals surface area (Å²) in [5, 5.41) is 5.83. The van der Waals surface area contributed by atoms with Gasteiger partial charge in [0.15, 0.2) is 0 Å². The van der Waals surface area contributed by atoms with Crippen LogP contribution in [0.2, 0.25) is 0 Å². The number of likely N-dealkylation sites (N-methyl/N-ethyl adjacent to an activating group) is 1. The van der Waals surface area contributed by atoms with Gasteiger partial charge in [-0.25, -0.2) is 0 Å². The molecule has 0 saturated carbocycles. The van der Waals surface area contributed by atoms with Gasteiger partial charge >= 0.3 is 0 Å². The minimum absolute atomic E-state index is 0.0624. The van der Waals surface area contributed by atoms with E-state index in [1.165, 1.54) is 16.9 Å².